The molecule has 1 atom stereocenters. The summed E-state index contributed by atoms with van der Waals surface area (Å²) < 4.78 is 0. The van der Waals surface area contributed by atoms with Crippen molar-refractivity contribution < 1.29 is 4.79 Å². The van der Waals surface area contributed by atoms with Gasteiger partial charge in [0, 0.05) is 19.0 Å². The normalized spacial score (nSPS) is 18.5. The zero-order chi connectivity index (χ0) is 15.2. The molecule has 1 amide bonds. The number of amides is 1. The molecule has 1 aromatic carbocycles. The first kappa shape index (κ1) is 16.0. The molecule has 1 aliphatic heterocycles. The van der Waals surface area contributed by atoms with E-state index in [2.05, 4.69) is 55.3 Å². The van der Waals surface area contributed by atoms with Gasteiger partial charge in [0.25, 0.3) is 0 Å². The van der Waals surface area contributed by atoms with Crippen molar-refractivity contribution in [2.24, 2.45) is 0 Å². The number of hydrogen-bond acceptors (Lipinski definition) is 2. The Labute approximate surface area is 128 Å². The summed E-state index contributed by atoms with van der Waals surface area (Å²) >= 11 is 0. The monoisotopic (exact) mass is 288 g/mol. The Morgan fingerprint density at radius 3 is 2.86 bits per heavy atom. The summed E-state index contributed by atoms with van der Waals surface area (Å²) in [4.78, 5) is 14.6. The third-order valence-corrected chi connectivity index (χ3v) is 4.24. The van der Waals surface area contributed by atoms with Gasteiger partial charge >= 0.3 is 0 Å². The number of nitrogens with one attached hydrogen (secondary N) is 1. The smallest absolute Gasteiger partial charge is 0.223 e. The van der Waals surface area contributed by atoms with Crippen LogP contribution in [0.2, 0.25) is 0 Å². The van der Waals surface area contributed by atoms with Gasteiger partial charge < -0.3 is 10.2 Å². The molecule has 0 saturated carbocycles. The van der Waals surface area contributed by atoms with Crippen molar-refractivity contribution in [2.75, 3.05) is 13.1 Å². The minimum absolute atomic E-state index is 0.289. The van der Waals surface area contributed by atoms with Gasteiger partial charge in [0.2, 0.25) is 5.91 Å². The number of benzene rings is 1. The number of rotatable bonds is 6. The lowest BCUT2D eigenvalue weighted by molar-refractivity contribution is -0.132. The number of carbonyl (C=O) groups is 1. The van der Waals surface area contributed by atoms with E-state index in [1.807, 2.05) is 0 Å². The Morgan fingerprint density at radius 2 is 2.14 bits per heavy atom. The Balaban J connectivity index is 1.92. The molecule has 2 rings (SSSR count). The highest BCUT2D eigenvalue weighted by Crippen LogP contribution is 2.34. The Kier molecular flexibility index (Phi) is 5.80. The van der Waals surface area contributed by atoms with Gasteiger partial charge in [0.15, 0.2) is 0 Å². The summed E-state index contributed by atoms with van der Waals surface area (Å²) in [5.41, 5.74) is 2.62. The molecule has 21 heavy (non-hydrogen) atoms. The van der Waals surface area contributed by atoms with Crippen LogP contribution < -0.4 is 5.32 Å². The molecule has 1 aliphatic rings. The van der Waals surface area contributed by atoms with E-state index in [1.165, 1.54) is 11.1 Å². The van der Waals surface area contributed by atoms with Crippen LogP contribution in [0.3, 0.4) is 0 Å². The first-order valence-corrected chi connectivity index (χ1v) is 8.18. The van der Waals surface area contributed by atoms with Crippen LogP contribution in [-0.2, 0) is 4.79 Å². The van der Waals surface area contributed by atoms with Crippen molar-refractivity contribution in [1.29, 1.82) is 0 Å². The zero-order valence-corrected chi connectivity index (χ0v) is 13.6. The summed E-state index contributed by atoms with van der Waals surface area (Å²) in [5, 5.41) is 3.37. The number of hydrogen-bond donors (Lipinski definition) is 1. The van der Waals surface area contributed by atoms with Gasteiger partial charge in [-0.05, 0) is 43.9 Å². The third-order valence-electron chi connectivity index (χ3n) is 4.24. The van der Waals surface area contributed by atoms with Crippen molar-refractivity contribution in [3.63, 3.8) is 0 Å². The van der Waals surface area contributed by atoms with Crippen LogP contribution in [0.25, 0.3) is 0 Å². The summed E-state index contributed by atoms with van der Waals surface area (Å²) in [5.74, 6) is 0.311. The molecular weight excluding hydrogens is 260 g/mol. The highest BCUT2D eigenvalue weighted by Gasteiger charge is 2.30. The minimum atomic E-state index is 0.289. The zero-order valence-electron chi connectivity index (χ0n) is 13.6. The second kappa shape index (κ2) is 7.60. The van der Waals surface area contributed by atoms with Gasteiger partial charge in [-0.1, -0.05) is 38.1 Å². The fourth-order valence-electron chi connectivity index (χ4n) is 3.12. The highest BCUT2D eigenvalue weighted by molar-refractivity contribution is 5.77. The van der Waals surface area contributed by atoms with E-state index in [1.54, 1.807) is 0 Å². The van der Waals surface area contributed by atoms with E-state index in [0.29, 0.717) is 18.4 Å². The quantitative estimate of drug-likeness (QED) is 0.813. The molecule has 1 heterocycles. The lowest BCUT2D eigenvalue weighted by Crippen LogP contribution is -2.32. The predicted octanol–water partition coefficient (Wildman–Crippen LogP) is 3.44. The van der Waals surface area contributed by atoms with Crippen LogP contribution in [0.1, 0.15) is 56.7 Å². The van der Waals surface area contributed by atoms with Crippen LogP contribution in [0.15, 0.2) is 24.3 Å². The third kappa shape index (κ3) is 4.31. The molecule has 0 radical (unpaired) electrons. The fourth-order valence-corrected chi connectivity index (χ4v) is 3.12. The largest absolute Gasteiger partial charge is 0.336 e. The fraction of sp³-hybridized carbons (Fsp3) is 0.611. The predicted molar refractivity (Wildman–Crippen MR) is 87.2 cm³/mol. The number of nitrogens with zero attached hydrogens (tertiary/aromatic N) is 1. The van der Waals surface area contributed by atoms with Gasteiger partial charge in [-0.2, -0.15) is 0 Å². The Bertz CT molecular complexity index is 470. The van der Waals surface area contributed by atoms with Crippen molar-refractivity contribution in [2.45, 2.75) is 58.5 Å². The van der Waals surface area contributed by atoms with E-state index in [4.69, 9.17) is 0 Å². The summed E-state index contributed by atoms with van der Waals surface area (Å²) in [6.07, 6.45) is 3.80. The molecule has 3 nitrogen and oxygen atoms in total. The van der Waals surface area contributed by atoms with Crippen LogP contribution in [-0.4, -0.2) is 29.9 Å². The second-order valence-corrected chi connectivity index (χ2v) is 6.31. The molecule has 1 fully saturated rings. The highest BCUT2D eigenvalue weighted by atomic mass is 16.2. The Morgan fingerprint density at radius 1 is 1.38 bits per heavy atom. The van der Waals surface area contributed by atoms with Crippen molar-refractivity contribution in [3.05, 3.63) is 35.4 Å². The number of likely N-dealkylation sites (tertiary alicyclic amines) is 1. The van der Waals surface area contributed by atoms with Crippen LogP contribution in [0.5, 0.6) is 0 Å². The molecule has 1 unspecified atom stereocenters. The van der Waals surface area contributed by atoms with Crippen molar-refractivity contribution in [3.8, 4) is 0 Å². The summed E-state index contributed by atoms with van der Waals surface area (Å²) in [6, 6.07) is 9.24. The lowest BCUT2D eigenvalue weighted by atomic mass is 9.99. The standard InChI is InChI=1S/C18H28N2O/c1-14(2)19-12-6-11-18(21)20-13-7-10-17(20)16-9-5-4-8-15(16)3/h4-5,8-9,14,17,19H,6-7,10-13H2,1-3H3. The molecule has 0 bridgehead atoms. The molecule has 1 aromatic rings. The minimum Gasteiger partial charge on any atom is -0.336 e. The topological polar surface area (TPSA) is 32.3 Å². The van der Waals surface area contributed by atoms with E-state index in [9.17, 15) is 4.79 Å². The van der Waals surface area contributed by atoms with Crippen LogP contribution in [0, 0.1) is 6.92 Å². The van der Waals surface area contributed by atoms with Crippen molar-refractivity contribution in [1.82, 2.24) is 10.2 Å². The van der Waals surface area contributed by atoms with Crippen molar-refractivity contribution >= 4 is 5.91 Å². The molecule has 0 aromatic heterocycles. The van der Waals surface area contributed by atoms with Gasteiger partial charge in [-0.3, -0.25) is 4.79 Å². The summed E-state index contributed by atoms with van der Waals surface area (Å²) in [7, 11) is 0. The van der Waals surface area contributed by atoms with Gasteiger partial charge in [-0.25, -0.2) is 0 Å². The SMILES string of the molecule is Cc1ccccc1C1CCCN1C(=O)CCCNC(C)C. The van der Waals surface area contributed by atoms with E-state index in [0.717, 1.165) is 32.4 Å². The first-order chi connectivity index (χ1) is 10.1. The molecule has 0 spiro atoms. The second-order valence-electron chi connectivity index (χ2n) is 6.31. The van der Waals surface area contributed by atoms with E-state index >= 15 is 0 Å². The maximum absolute atomic E-state index is 12.5. The molecule has 116 valence electrons. The number of carbonyl (C=O) groups excluding carboxylic acids is 1. The number of aryl methyl sites for hydroxylation is 1. The van der Waals surface area contributed by atoms with Crippen LogP contribution in [0.4, 0.5) is 0 Å². The average Bonchev–Trinajstić information content (AvgIpc) is 2.93. The van der Waals surface area contributed by atoms with Gasteiger partial charge in [0.05, 0.1) is 6.04 Å². The molecule has 0 aliphatic carbocycles. The van der Waals surface area contributed by atoms with Gasteiger partial charge in [-0.15, -0.1) is 0 Å². The van der Waals surface area contributed by atoms with E-state index < -0.39 is 0 Å². The maximum atomic E-state index is 12.5. The average molecular weight is 288 g/mol. The lowest BCUT2D eigenvalue weighted by Gasteiger charge is -2.26. The molecule has 1 saturated heterocycles. The molecule has 3 heteroatoms. The molecular formula is C18H28N2O. The maximum Gasteiger partial charge on any atom is 0.223 e. The van der Waals surface area contributed by atoms with Crippen LogP contribution >= 0.6 is 0 Å². The molecule has 1 N–H and O–H groups in total. The van der Waals surface area contributed by atoms with Gasteiger partial charge in [0.1, 0.15) is 0 Å². The Hall–Kier alpha value is -1.35. The summed E-state index contributed by atoms with van der Waals surface area (Å²) in [6.45, 7) is 8.25. The first-order valence-electron chi connectivity index (χ1n) is 8.18. The van der Waals surface area contributed by atoms with E-state index in [-0.39, 0.29) is 6.04 Å².